The number of aryl methyl sites for hydroxylation is 2. The van der Waals surface area contributed by atoms with E-state index < -0.39 is 0 Å². The molecule has 3 rings (SSSR count). The second-order valence-corrected chi connectivity index (χ2v) is 6.32. The SMILES string of the molecule is Cc1nc(CN2CCN(CCOc3ccccc3C#N)CC2)oc1C. The molecule has 2 aromatic rings. The van der Waals surface area contributed by atoms with Crippen LogP contribution >= 0.6 is 0 Å². The van der Waals surface area contributed by atoms with Gasteiger partial charge in [0.15, 0.2) is 0 Å². The van der Waals surface area contributed by atoms with Crippen LogP contribution in [-0.2, 0) is 6.54 Å². The Morgan fingerprint density at radius 1 is 1.16 bits per heavy atom. The lowest BCUT2D eigenvalue weighted by Crippen LogP contribution is -2.47. The van der Waals surface area contributed by atoms with Crippen LogP contribution in [0.5, 0.6) is 5.75 Å². The zero-order chi connectivity index (χ0) is 17.6. The number of nitrogens with zero attached hydrogens (tertiary/aromatic N) is 4. The van der Waals surface area contributed by atoms with Crippen molar-refractivity contribution in [3.8, 4) is 11.8 Å². The highest BCUT2D eigenvalue weighted by molar-refractivity contribution is 5.42. The van der Waals surface area contributed by atoms with Crippen LogP contribution in [-0.4, -0.2) is 54.1 Å². The van der Waals surface area contributed by atoms with Crippen molar-refractivity contribution >= 4 is 0 Å². The number of aromatic nitrogens is 1. The quantitative estimate of drug-likeness (QED) is 0.804. The van der Waals surface area contributed by atoms with E-state index >= 15 is 0 Å². The Balaban J connectivity index is 1.40. The summed E-state index contributed by atoms with van der Waals surface area (Å²) in [6.45, 7) is 10.2. The number of hydrogen-bond acceptors (Lipinski definition) is 6. The summed E-state index contributed by atoms with van der Waals surface area (Å²) in [6, 6.07) is 9.52. The molecule has 2 heterocycles. The van der Waals surface area contributed by atoms with E-state index in [0.717, 1.165) is 56.6 Å². The Kier molecular flexibility index (Phi) is 5.69. The molecule has 0 saturated carbocycles. The molecular weight excluding hydrogens is 316 g/mol. The van der Waals surface area contributed by atoms with Crippen molar-refractivity contribution < 1.29 is 9.15 Å². The highest BCUT2D eigenvalue weighted by atomic mass is 16.5. The first-order chi connectivity index (χ1) is 12.2. The van der Waals surface area contributed by atoms with E-state index in [4.69, 9.17) is 14.4 Å². The molecule has 0 atom stereocenters. The number of rotatable bonds is 6. The molecule has 132 valence electrons. The average Bonchev–Trinajstić information content (AvgIpc) is 2.94. The molecule has 25 heavy (non-hydrogen) atoms. The fraction of sp³-hybridized carbons (Fsp3) is 0.474. The van der Waals surface area contributed by atoms with E-state index in [0.29, 0.717) is 17.9 Å². The van der Waals surface area contributed by atoms with Gasteiger partial charge in [-0.2, -0.15) is 5.26 Å². The fourth-order valence-corrected chi connectivity index (χ4v) is 2.94. The lowest BCUT2D eigenvalue weighted by Gasteiger charge is -2.33. The van der Waals surface area contributed by atoms with Crippen LogP contribution in [0.1, 0.15) is 22.9 Å². The number of ether oxygens (including phenoxy) is 1. The molecule has 1 aromatic carbocycles. The predicted octanol–water partition coefficient (Wildman–Crippen LogP) is 2.36. The molecule has 0 unspecified atom stereocenters. The lowest BCUT2D eigenvalue weighted by atomic mass is 10.2. The van der Waals surface area contributed by atoms with Crippen molar-refractivity contribution in [2.45, 2.75) is 20.4 Å². The van der Waals surface area contributed by atoms with E-state index in [1.165, 1.54) is 0 Å². The predicted molar refractivity (Wildman–Crippen MR) is 94.3 cm³/mol. The van der Waals surface area contributed by atoms with Gasteiger partial charge in [0, 0.05) is 32.7 Å². The van der Waals surface area contributed by atoms with Gasteiger partial charge in [0.05, 0.1) is 17.8 Å². The summed E-state index contributed by atoms with van der Waals surface area (Å²) in [5.74, 6) is 2.38. The molecule has 6 heteroatoms. The standard InChI is InChI=1S/C19H24N4O2/c1-15-16(2)25-19(21-15)14-23-9-7-22(8-10-23)11-12-24-18-6-4-3-5-17(18)13-20/h3-6H,7-12,14H2,1-2H3. The highest BCUT2D eigenvalue weighted by Gasteiger charge is 2.19. The van der Waals surface area contributed by atoms with Gasteiger partial charge in [0.1, 0.15) is 24.2 Å². The maximum Gasteiger partial charge on any atom is 0.208 e. The summed E-state index contributed by atoms with van der Waals surface area (Å²) in [5, 5.41) is 9.08. The minimum Gasteiger partial charge on any atom is -0.491 e. The van der Waals surface area contributed by atoms with Crippen molar-refractivity contribution in [3.63, 3.8) is 0 Å². The van der Waals surface area contributed by atoms with Crippen molar-refractivity contribution in [3.05, 3.63) is 47.2 Å². The monoisotopic (exact) mass is 340 g/mol. The molecule has 0 bridgehead atoms. The van der Waals surface area contributed by atoms with Crippen LogP contribution in [0, 0.1) is 25.2 Å². The molecule has 6 nitrogen and oxygen atoms in total. The molecule has 1 aliphatic heterocycles. The van der Waals surface area contributed by atoms with Gasteiger partial charge in [0.25, 0.3) is 0 Å². The maximum absolute atomic E-state index is 9.08. The summed E-state index contributed by atoms with van der Waals surface area (Å²) in [7, 11) is 0. The third kappa shape index (κ3) is 4.59. The van der Waals surface area contributed by atoms with Crippen molar-refractivity contribution in [2.24, 2.45) is 0 Å². The molecule has 0 aliphatic carbocycles. The van der Waals surface area contributed by atoms with Gasteiger partial charge >= 0.3 is 0 Å². The summed E-state index contributed by atoms with van der Waals surface area (Å²) >= 11 is 0. The van der Waals surface area contributed by atoms with Crippen LogP contribution in [0.2, 0.25) is 0 Å². The maximum atomic E-state index is 9.08. The van der Waals surface area contributed by atoms with Crippen molar-refractivity contribution in [1.29, 1.82) is 5.26 Å². The summed E-state index contributed by atoms with van der Waals surface area (Å²) in [6.07, 6.45) is 0. The number of piperazine rings is 1. The molecular formula is C19H24N4O2. The fourth-order valence-electron chi connectivity index (χ4n) is 2.94. The third-order valence-corrected chi connectivity index (χ3v) is 4.57. The van der Waals surface area contributed by atoms with E-state index in [1.807, 2.05) is 32.0 Å². The summed E-state index contributed by atoms with van der Waals surface area (Å²) < 4.78 is 11.4. The molecule has 0 N–H and O–H groups in total. The molecule has 1 fully saturated rings. The van der Waals surface area contributed by atoms with Gasteiger partial charge in [-0.15, -0.1) is 0 Å². The average molecular weight is 340 g/mol. The number of hydrogen-bond donors (Lipinski definition) is 0. The first kappa shape index (κ1) is 17.5. The normalized spacial score (nSPS) is 15.9. The van der Waals surface area contributed by atoms with E-state index in [-0.39, 0.29) is 0 Å². The van der Waals surface area contributed by atoms with Crippen molar-refractivity contribution in [2.75, 3.05) is 39.3 Å². The first-order valence-corrected chi connectivity index (χ1v) is 8.65. The summed E-state index contributed by atoms with van der Waals surface area (Å²) in [4.78, 5) is 9.21. The minimum atomic E-state index is 0.587. The van der Waals surface area contributed by atoms with Gasteiger partial charge < -0.3 is 9.15 Å². The molecule has 0 radical (unpaired) electrons. The number of benzene rings is 1. The molecule has 0 spiro atoms. The second-order valence-electron chi connectivity index (χ2n) is 6.32. The number of para-hydroxylation sites is 1. The second kappa shape index (κ2) is 8.15. The Morgan fingerprint density at radius 2 is 1.88 bits per heavy atom. The number of nitriles is 1. The minimum absolute atomic E-state index is 0.587. The van der Waals surface area contributed by atoms with E-state index in [9.17, 15) is 0 Å². The van der Waals surface area contributed by atoms with Crippen molar-refractivity contribution in [1.82, 2.24) is 14.8 Å². The van der Waals surface area contributed by atoms with Gasteiger partial charge in [0.2, 0.25) is 5.89 Å². The zero-order valence-electron chi connectivity index (χ0n) is 14.9. The first-order valence-electron chi connectivity index (χ1n) is 8.65. The topological polar surface area (TPSA) is 65.5 Å². The zero-order valence-corrected chi connectivity index (χ0v) is 14.9. The Labute approximate surface area is 148 Å². The molecule has 1 saturated heterocycles. The molecule has 1 aromatic heterocycles. The van der Waals surface area contributed by atoms with Gasteiger partial charge in [-0.25, -0.2) is 4.98 Å². The Bertz CT molecular complexity index is 723. The third-order valence-electron chi connectivity index (χ3n) is 4.57. The lowest BCUT2D eigenvalue weighted by molar-refractivity contribution is 0.106. The van der Waals surface area contributed by atoms with Crippen LogP contribution in [0.25, 0.3) is 0 Å². The van der Waals surface area contributed by atoms with Crippen LogP contribution < -0.4 is 4.74 Å². The highest BCUT2D eigenvalue weighted by Crippen LogP contribution is 2.16. The van der Waals surface area contributed by atoms with Crippen LogP contribution in [0.4, 0.5) is 0 Å². The van der Waals surface area contributed by atoms with Gasteiger partial charge in [-0.05, 0) is 26.0 Å². The van der Waals surface area contributed by atoms with E-state index in [2.05, 4.69) is 20.9 Å². The van der Waals surface area contributed by atoms with Gasteiger partial charge in [-0.1, -0.05) is 12.1 Å². The van der Waals surface area contributed by atoms with Gasteiger partial charge in [-0.3, -0.25) is 9.80 Å². The molecule has 0 amide bonds. The van der Waals surface area contributed by atoms with Crippen LogP contribution in [0.3, 0.4) is 0 Å². The Hall–Kier alpha value is -2.36. The summed E-state index contributed by atoms with van der Waals surface area (Å²) in [5.41, 5.74) is 1.56. The van der Waals surface area contributed by atoms with Crippen LogP contribution in [0.15, 0.2) is 28.7 Å². The molecule has 1 aliphatic rings. The van der Waals surface area contributed by atoms with E-state index in [1.54, 1.807) is 6.07 Å². The largest absolute Gasteiger partial charge is 0.491 e. The Morgan fingerprint density at radius 3 is 2.56 bits per heavy atom. The number of oxazole rings is 1. The smallest absolute Gasteiger partial charge is 0.208 e.